The fourth-order valence-corrected chi connectivity index (χ4v) is 2.88. The number of hydrogen-bond donors (Lipinski definition) is 1. The number of nitriles is 1. The number of aromatic nitrogens is 1. The minimum Gasteiger partial charge on any atom is -0.332 e. The van der Waals surface area contributed by atoms with E-state index in [2.05, 4.69) is 41.5 Å². The first kappa shape index (κ1) is 12.6. The van der Waals surface area contributed by atoms with Crippen LogP contribution in [0.4, 0.5) is 10.8 Å². The van der Waals surface area contributed by atoms with Crippen LogP contribution in [-0.4, -0.2) is 4.98 Å². The van der Waals surface area contributed by atoms with E-state index in [1.165, 1.54) is 10.3 Å². The molecule has 3 rings (SSSR count). The third-order valence-corrected chi connectivity index (χ3v) is 3.98. The Morgan fingerprint density at radius 2 is 2.00 bits per heavy atom. The maximum Gasteiger partial charge on any atom is 0.188 e. The summed E-state index contributed by atoms with van der Waals surface area (Å²) >= 11 is 1.64. The number of thiazole rings is 1. The zero-order chi connectivity index (χ0) is 13.9. The summed E-state index contributed by atoms with van der Waals surface area (Å²) in [6.45, 7) is 2.07. The van der Waals surface area contributed by atoms with Gasteiger partial charge in [0, 0.05) is 5.69 Å². The molecule has 0 saturated carbocycles. The summed E-state index contributed by atoms with van der Waals surface area (Å²) in [4.78, 5) is 4.58. The van der Waals surface area contributed by atoms with Gasteiger partial charge in [0.2, 0.25) is 0 Å². The Morgan fingerprint density at radius 1 is 1.20 bits per heavy atom. The molecule has 0 bridgehead atoms. The van der Waals surface area contributed by atoms with Gasteiger partial charge in [-0.3, -0.25) is 0 Å². The van der Waals surface area contributed by atoms with Crippen LogP contribution in [0.1, 0.15) is 11.1 Å². The molecule has 1 heterocycles. The molecule has 20 heavy (non-hydrogen) atoms. The van der Waals surface area contributed by atoms with Gasteiger partial charge < -0.3 is 5.32 Å². The lowest BCUT2D eigenvalue weighted by Gasteiger charge is -2.02. The van der Waals surface area contributed by atoms with Crippen LogP contribution in [0.5, 0.6) is 0 Å². The van der Waals surface area contributed by atoms with Crippen LogP contribution in [0.2, 0.25) is 0 Å². The van der Waals surface area contributed by atoms with Gasteiger partial charge >= 0.3 is 0 Å². The van der Waals surface area contributed by atoms with Crippen molar-refractivity contribution in [1.82, 2.24) is 4.98 Å². The number of nitrogens with zero attached hydrogens (tertiary/aromatic N) is 2. The first-order valence-corrected chi connectivity index (χ1v) is 7.16. The van der Waals surface area contributed by atoms with Crippen LogP contribution in [0, 0.1) is 18.3 Å². The van der Waals surface area contributed by atoms with Gasteiger partial charge in [-0.1, -0.05) is 29.5 Å². The zero-order valence-corrected chi connectivity index (χ0v) is 11.9. The molecule has 0 aliphatic heterocycles. The van der Waals surface area contributed by atoms with Gasteiger partial charge in [0.15, 0.2) is 5.13 Å². The largest absolute Gasteiger partial charge is 0.332 e. The lowest BCUT2D eigenvalue weighted by Crippen LogP contribution is -1.89. The summed E-state index contributed by atoms with van der Waals surface area (Å²) < 4.78 is 1.18. The molecule has 0 fully saturated rings. The Labute approximate surface area is 121 Å². The van der Waals surface area contributed by atoms with Gasteiger partial charge in [-0.05, 0) is 42.3 Å². The molecule has 2 aromatic carbocycles. The number of fused-ring (bicyclic) bond motifs is 1. The number of hydrogen-bond acceptors (Lipinski definition) is 4. The SMILES string of the molecule is Cc1ccc2sc(Nc3ccc(CC#N)cc3)nc2c1. The van der Waals surface area contributed by atoms with Crippen LogP contribution in [0.15, 0.2) is 42.5 Å². The summed E-state index contributed by atoms with van der Waals surface area (Å²) in [5, 5.41) is 12.8. The quantitative estimate of drug-likeness (QED) is 0.772. The molecule has 3 nitrogen and oxygen atoms in total. The second kappa shape index (κ2) is 5.32. The van der Waals surface area contributed by atoms with Crippen molar-refractivity contribution in [3.05, 3.63) is 53.6 Å². The van der Waals surface area contributed by atoms with Crippen molar-refractivity contribution < 1.29 is 0 Å². The fraction of sp³-hybridized carbons (Fsp3) is 0.125. The maximum atomic E-state index is 8.65. The number of benzene rings is 2. The van der Waals surface area contributed by atoms with Gasteiger partial charge in [0.05, 0.1) is 22.7 Å². The Bertz CT molecular complexity index is 782. The average molecular weight is 279 g/mol. The minimum absolute atomic E-state index is 0.445. The molecular formula is C16H13N3S. The van der Waals surface area contributed by atoms with Crippen molar-refractivity contribution in [2.45, 2.75) is 13.3 Å². The fourth-order valence-electron chi connectivity index (χ4n) is 2.01. The second-order valence-electron chi connectivity index (χ2n) is 4.65. The van der Waals surface area contributed by atoms with Crippen molar-refractivity contribution in [2.75, 3.05) is 5.32 Å². The van der Waals surface area contributed by atoms with Gasteiger partial charge in [0.1, 0.15) is 0 Å². The van der Waals surface area contributed by atoms with Crippen molar-refractivity contribution in [3.63, 3.8) is 0 Å². The van der Waals surface area contributed by atoms with Gasteiger partial charge in [-0.15, -0.1) is 0 Å². The van der Waals surface area contributed by atoms with Crippen LogP contribution in [-0.2, 0) is 6.42 Å². The average Bonchev–Trinajstić information content (AvgIpc) is 2.82. The van der Waals surface area contributed by atoms with Crippen molar-refractivity contribution in [3.8, 4) is 6.07 Å². The van der Waals surface area contributed by atoms with E-state index in [9.17, 15) is 0 Å². The number of aryl methyl sites for hydroxylation is 1. The number of anilines is 2. The maximum absolute atomic E-state index is 8.65. The zero-order valence-electron chi connectivity index (χ0n) is 11.1. The van der Waals surface area contributed by atoms with E-state index in [1.807, 2.05) is 24.3 Å². The molecule has 0 radical (unpaired) electrons. The summed E-state index contributed by atoms with van der Waals surface area (Å²) in [5.74, 6) is 0. The standard InChI is InChI=1S/C16H13N3S/c1-11-2-7-15-14(10-11)19-16(20-15)18-13-5-3-12(4-6-13)8-9-17/h2-7,10H,8H2,1H3,(H,18,19). The summed E-state index contributed by atoms with van der Waals surface area (Å²) in [6.07, 6.45) is 0.445. The monoisotopic (exact) mass is 279 g/mol. The first-order valence-electron chi connectivity index (χ1n) is 6.35. The second-order valence-corrected chi connectivity index (χ2v) is 5.68. The molecule has 0 aliphatic carbocycles. The van der Waals surface area contributed by atoms with Crippen LogP contribution < -0.4 is 5.32 Å². The Kier molecular flexibility index (Phi) is 3.36. The number of rotatable bonds is 3. The lowest BCUT2D eigenvalue weighted by atomic mass is 10.1. The highest BCUT2D eigenvalue weighted by molar-refractivity contribution is 7.22. The molecule has 0 aliphatic rings. The molecule has 98 valence electrons. The molecule has 4 heteroatoms. The Hall–Kier alpha value is -2.38. The number of nitrogens with one attached hydrogen (secondary N) is 1. The van der Waals surface area contributed by atoms with E-state index in [1.54, 1.807) is 11.3 Å². The predicted octanol–water partition coefficient (Wildman–Crippen LogP) is 4.41. The third-order valence-electron chi connectivity index (χ3n) is 3.03. The highest BCUT2D eigenvalue weighted by Gasteiger charge is 2.04. The minimum atomic E-state index is 0.445. The Balaban J connectivity index is 1.83. The van der Waals surface area contributed by atoms with Crippen LogP contribution >= 0.6 is 11.3 Å². The molecular weight excluding hydrogens is 266 g/mol. The van der Waals surface area contributed by atoms with E-state index in [-0.39, 0.29) is 0 Å². The first-order chi connectivity index (χ1) is 9.74. The van der Waals surface area contributed by atoms with E-state index >= 15 is 0 Å². The normalized spacial score (nSPS) is 10.4. The lowest BCUT2D eigenvalue weighted by molar-refractivity contribution is 1.26. The third kappa shape index (κ3) is 2.63. The summed E-state index contributed by atoms with van der Waals surface area (Å²) in [6, 6.07) is 16.3. The summed E-state index contributed by atoms with van der Waals surface area (Å²) in [7, 11) is 0. The van der Waals surface area contributed by atoms with Crippen molar-refractivity contribution in [1.29, 1.82) is 5.26 Å². The molecule has 0 atom stereocenters. The molecule has 1 N–H and O–H groups in total. The van der Waals surface area contributed by atoms with E-state index in [0.717, 1.165) is 21.9 Å². The van der Waals surface area contributed by atoms with E-state index in [0.29, 0.717) is 6.42 Å². The highest BCUT2D eigenvalue weighted by atomic mass is 32.1. The van der Waals surface area contributed by atoms with Crippen LogP contribution in [0.25, 0.3) is 10.2 Å². The highest BCUT2D eigenvalue weighted by Crippen LogP contribution is 2.28. The topological polar surface area (TPSA) is 48.7 Å². The van der Waals surface area contributed by atoms with Crippen LogP contribution in [0.3, 0.4) is 0 Å². The smallest absolute Gasteiger partial charge is 0.188 e. The molecule has 0 saturated heterocycles. The van der Waals surface area contributed by atoms with Gasteiger partial charge in [-0.2, -0.15) is 5.26 Å². The van der Waals surface area contributed by atoms with Crippen molar-refractivity contribution in [2.24, 2.45) is 0 Å². The van der Waals surface area contributed by atoms with Crippen molar-refractivity contribution >= 4 is 32.4 Å². The molecule has 0 spiro atoms. The summed E-state index contributed by atoms with van der Waals surface area (Å²) in [5.41, 5.74) is 4.26. The Morgan fingerprint density at radius 3 is 2.75 bits per heavy atom. The van der Waals surface area contributed by atoms with E-state index in [4.69, 9.17) is 5.26 Å². The molecule has 3 aromatic rings. The van der Waals surface area contributed by atoms with E-state index < -0.39 is 0 Å². The molecule has 0 amide bonds. The molecule has 1 aromatic heterocycles. The molecule has 0 unspecified atom stereocenters. The van der Waals surface area contributed by atoms with Gasteiger partial charge in [0.25, 0.3) is 0 Å². The predicted molar refractivity (Wildman–Crippen MR) is 83.4 cm³/mol. The van der Waals surface area contributed by atoms with Gasteiger partial charge in [-0.25, -0.2) is 4.98 Å².